The Balaban J connectivity index is 1.62. The first-order chi connectivity index (χ1) is 15.6. The third-order valence-electron chi connectivity index (χ3n) is 5.34. The van der Waals surface area contributed by atoms with E-state index >= 15 is 0 Å². The number of fused-ring (bicyclic) bond motifs is 3. The fourth-order valence-corrected chi connectivity index (χ4v) is 3.75. The van der Waals surface area contributed by atoms with Crippen molar-refractivity contribution in [1.82, 2.24) is 14.7 Å². The first-order valence-electron chi connectivity index (χ1n) is 10.00. The highest BCUT2D eigenvalue weighted by Gasteiger charge is 2.20. The molecule has 0 aliphatic carbocycles. The molecule has 0 amide bonds. The smallest absolute Gasteiger partial charge is 0.292 e. The van der Waals surface area contributed by atoms with Crippen molar-refractivity contribution < 1.29 is 23.8 Å². The van der Waals surface area contributed by atoms with Gasteiger partial charge in [-0.2, -0.15) is 4.73 Å². The van der Waals surface area contributed by atoms with E-state index in [1.54, 1.807) is 50.6 Å². The monoisotopic (exact) mass is 433 g/mol. The second kappa shape index (κ2) is 7.86. The Morgan fingerprint density at radius 2 is 1.84 bits per heavy atom. The van der Waals surface area contributed by atoms with Gasteiger partial charge in [-0.1, -0.05) is 12.1 Å². The number of H-pyrrole nitrogens is 1. The van der Waals surface area contributed by atoms with Crippen LogP contribution in [0.2, 0.25) is 0 Å². The van der Waals surface area contributed by atoms with Crippen LogP contribution >= 0.6 is 0 Å². The Kier molecular flexibility index (Phi) is 4.87. The largest absolute Gasteiger partial charge is 0.493 e. The number of aromatic amines is 1. The number of hydrogen-bond acceptors (Lipinski definition) is 6. The highest BCUT2D eigenvalue weighted by molar-refractivity contribution is 5.93. The SMILES string of the molecule is COCCOc1ccc(-c2nc3cc4c(cc3[nH]2)n(O)c2ccccc2[n+]4=O)cc1OC. The quantitative estimate of drug-likeness (QED) is 0.184. The van der Waals surface area contributed by atoms with Gasteiger partial charge < -0.3 is 24.4 Å². The third-order valence-corrected chi connectivity index (χ3v) is 5.34. The van der Waals surface area contributed by atoms with Gasteiger partial charge >= 0.3 is 0 Å². The molecule has 0 saturated heterocycles. The normalized spacial score (nSPS) is 11.4. The average Bonchev–Trinajstić information content (AvgIpc) is 3.25. The fraction of sp³-hybridized carbons (Fsp3) is 0.174. The molecule has 0 radical (unpaired) electrons. The van der Waals surface area contributed by atoms with E-state index in [-0.39, 0.29) is 0 Å². The predicted molar refractivity (Wildman–Crippen MR) is 119 cm³/mol. The highest BCUT2D eigenvalue weighted by Crippen LogP contribution is 2.33. The molecule has 2 N–H and O–H groups in total. The Morgan fingerprint density at radius 1 is 1.00 bits per heavy atom. The summed E-state index contributed by atoms with van der Waals surface area (Å²) in [5.74, 6) is 1.78. The molecule has 0 aliphatic rings. The number of nitrogens with zero attached hydrogens (tertiary/aromatic N) is 3. The van der Waals surface area contributed by atoms with Gasteiger partial charge in [-0.15, -0.1) is 0 Å². The van der Waals surface area contributed by atoms with E-state index in [1.807, 2.05) is 18.2 Å². The number of rotatable bonds is 6. The third kappa shape index (κ3) is 3.19. The van der Waals surface area contributed by atoms with Crippen molar-refractivity contribution in [2.24, 2.45) is 0 Å². The molecule has 0 atom stereocenters. The Morgan fingerprint density at radius 3 is 2.66 bits per heavy atom. The van der Waals surface area contributed by atoms with Crippen molar-refractivity contribution in [3.05, 3.63) is 59.5 Å². The first-order valence-corrected chi connectivity index (χ1v) is 10.00. The lowest BCUT2D eigenvalue weighted by Crippen LogP contribution is -2.20. The fourth-order valence-electron chi connectivity index (χ4n) is 3.75. The standard InChI is InChI=1S/C23H21N4O5/c1-30-9-10-32-21-8-7-14(11-22(21)31-2)23-24-15-12-19-20(13-16(15)25-23)27(29)18-6-4-3-5-17(18)26(19)28/h3-8,11-13,28H,9-10H2,1-2H3,(H,24,25)/q+1. The van der Waals surface area contributed by atoms with E-state index in [9.17, 15) is 10.1 Å². The number of methoxy groups -OCH3 is 2. The zero-order valence-electron chi connectivity index (χ0n) is 17.5. The zero-order valence-corrected chi connectivity index (χ0v) is 17.5. The summed E-state index contributed by atoms with van der Waals surface area (Å²) in [6.45, 7) is 0.885. The predicted octanol–water partition coefficient (Wildman–Crippen LogP) is 3.52. The number of para-hydroxylation sites is 2. The summed E-state index contributed by atoms with van der Waals surface area (Å²) < 4.78 is 18.0. The van der Waals surface area contributed by atoms with Gasteiger partial charge in [0.15, 0.2) is 22.5 Å². The van der Waals surface area contributed by atoms with E-state index in [0.29, 0.717) is 63.6 Å². The molecule has 0 aliphatic heterocycles. The van der Waals surface area contributed by atoms with Crippen LogP contribution in [0.25, 0.3) is 44.5 Å². The van der Waals surface area contributed by atoms with Crippen LogP contribution < -0.4 is 13.9 Å². The van der Waals surface area contributed by atoms with E-state index in [1.165, 1.54) is 0 Å². The van der Waals surface area contributed by atoms with Crippen LogP contribution in [-0.4, -0.2) is 47.3 Å². The van der Waals surface area contributed by atoms with Crippen molar-refractivity contribution in [3.8, 4) is 22.9 Å². The molecular formula is C23H21N4O5+. The van der Waals surface area contributed by atoms with Gasteiger partial charge in [0, 0.05) is 29.7 Å². The lowest BCUT2D eigenvalue weighted by atomic mass is 10.2. The summed E-state index contributed by atoms with van der Waals surface area (Å²) in [6.07, 6.45) is 0. The molecule has 9 heteroatoms. The molecule has 162 valence electrons. The van der Waals surface area contributed by atoms with Crippen molar-refractivity contribution >= 4 is 33.1 Å². The van der Waals surface area contributed by atoms with Crippen LogP contribution in [0.5, 0.6) is 11.5 Å². The van der Waals surface area contributed by atoms with Gasteiger partial charge in [0.2, 0.25) is 0 Å². The van der Waals surface area contributed by atoms with E-state index in [4.69, 9.17) is 14.2 Å². The van der Waals surface area contributed by atoms with E-state index < -0.39 is 0 Å². The topological polar surface area (TPSA) is 105 Å². The maximum atomic E-state index is 12.9. The number of aromatic nitrogens is 4. The lowest BCUT2D eigenvalue weighted by molar-refractivity contribution is -0.433. The molecule has 0 bridgehead atoms. The highest BCUT2D eigenvalue weighted by atomic mass is 16.5. The molecule has 9 nitrogen and oxygen atoms in total. The summed E-state index contributed by atoms with van der Waals surface area (Å²) in [6, 6.07) is 15.8. The van der Waals surface area contributed by atoms with Crippen LogP contribution in [0, 0.1) is 4.91 Å². The van der Waals surface area contributed by atoms with Crippen LogP contribution in [0.3, 0.4) is 0 Å². The second-order valence-corrected chi connectivity index (χ2v) is 7.25. The van der Waals surface area contributed by atoms with Crippen LogP contribution in [0.15, 0.2) is 54.6 Å². The number of hydrogen-bond donors (Lipinski definition) is 2. The molecule has 2 heterocycles. The molecule has 0 spiro atoms. The molecule has 3 aromatic carbocycles. The first kappa shape index (κ1) is 19.8. The van der Waals surface area contributed by atoms with Crippen molar-refractivity contribution in [2.45, 2.75) is 0 Å². The van der Waals surface area contributed by atoms with Crippen LogP contribution in [-0.2, 0) is 4.74 Å². The zero-order chi connectivity index (χ0) is 22.2. The van der Waals surface area contributed by atoms with Gasteiger partial charge in [-0.05, 0) is 30.3 Å². The van der Waals surface area contributed by atoms with Crippen LogP contribution in [0.4, 0.5) is 0 Å². The molecule has 0 saturated carbocycles. The van der Waals surface area contributed by atoms with Crippen molar-refractivity contribution in [3.63, 3.8) is 0 Å². The second-order valence-electron chi connectivity index (χ2n) is 7.25. The lowest BCUT2D eigenvalue weighted by Gasteiger charge is -2.11. The molecule has 5 rings (SSSR count). The molecular weight excluding hydrogens is 412 g/mol. The number of nitrogens with one attached hydrogen (secondary N) is 1. The van der Waals surface area contributed by atoms with Gasteiger partial charge in [0.05, 0.1) is 29.2 Å². The summed E-state index contributed by atoms with van der Waals surface area (Å²) in [7, 11) is 3.19. The minimum atomic E-state index is 0.316. The maximum Gasteiger partial charge on any atom is 0.292 e. The van der Waals surface area contributed by atoms with Gasteiger partial charge in [0.25, 0.3) is 11.0 Å². The van der Waals surface area contributed by atoms with Gasteiger partial charge in [0.1, 0.15) is 12.4 Å². The Bertz CT molecular complexity index is 1520. The Hall–Kier alpha value is -4.11. The molecule has 2 aromatic heterocycles. The minimum absolute atomic E-state index is 0.316. The van der Waals surface area contributed by atoms with E-state index in [2.05, 4.69) is 9.97 Å². The minimum Gasteiger partial charge on any atom is -0.493 e. The summed E-state index contributed by atoms with van der Waals surface area (Å²) in [4.78, 5) is 20.8. The van der Waals surface area contributed by atoms with Gasteiger partial charge in [-0.25, -0.2) is 4.98 Å². The maximum absolute atomic E-state index is 12.9. The molecule has 0 unspecified atom stereocenters. The molecule has 0 fully saturated rings. The number of imidazole rings is 1. The number of benzene rings is 3. The van der Waals surface area contributed by atoms with Crippen LogP contribution in [0.1, 0.15) is 0 Å². The van der Waals surface area contributed by atoms with Crippen molar-refractivity contribution in [1.29, 1.82) is 0 Å². The average molecular weight is 433 g/mol. The summed E-state index contributed by atoms with van der Waals surface area (Å²) >= 11 is 0. The molecule has 32 heavy (non-hydrogen) atoms. The van der Waals surface area contributed by atoms with E-state index in [0.717, 1.165) is 14.7 Å². The summed E-state index contributed by atoms with van der Waals surface area (Å²) in [5.41, 5.74) is 3.56. The molecule has 5 aromatic rings. The Labute approximate surface area is 182 Å². The van der Waals surface area contributed by atoms with Gasteiger partial charge in [-0.3, -0.25) is 0 Å². The van der Waals surface area contributed by atoms with Crippen molar-refractivity contribution in [2.75, 3.05) is 27.4 Å². The summed E-state index contributed by atoms with van der Waals surface area (Å²) in [5, 5.41) is 10.7. The number of ether oxygens (including phenoxy) is 3.